The van der Waals surface area contributed by atoms with Crippen LogP contribution in [0.25, 0.3) is 17.4 Å². The second kappa shape index (κ2) is 8.05. The topological polar surface area (TPSA) is 109 Å². The maximum Gasteiger partial charge on any atom is 0.342 e. The normalized spacial score (nSPS) is 11.6. The van der Waals surface area contributed by atoms with Crippen molar-refractivity contribution in [2.24, 2.45) is 0 Å². The van der Waals surface area contributed by atoms with Gasteiger partial charge in [-0.25, -0.2) is 9.78 Å². The minimum atomic E-state index is -1.09. The Morgan fingerprint density at radius 1 is 1.22 bits per heavy atom. The summed E-state index contributed by atoms with van der Waals surface area (Å²) in [4.78, 5) is 27.1. The van der Waals surface area contributed by atoms with Gasteiger partial charge in [0.15, 0.2) is 5.78 Å². The van der Waals surface area contributed by atoms with Crippen molar-refractivity contribution in [2.45, 2.75) is 25.4 Å². The van der Waals surface area contributed by atoms with E-state index in [0.717, 1.165) is 17.3 Å². The zero-order chi connectivity index (χ0) is 19.4. The van der Waals surface area contributed by atoms with E-state index in [9.17, 15) is 14.7 Å². The molecule has 2 aromatic heterocycles. The van der Waals surface area contributed by atoms with E-state index in [1.807, 2.05) is 6.92 Å². The molecule has 0 amide bonds. The molecule has 3 rings (SSSR count). The third-order valence-corrected chi connectivity index (χ3v) is 4.61. The Hall–Kier alpha value is -3.13. The number of rotatable bonds is 7. The number of aromatic nitrogens is 3. The second-order valence-electron chi connectivity index (χ2n) is 5.67. The Morgan fingerprint density at radius 3 is 2.56 bits per heavy atom. The largest absolute Gasteiger partial charge is 0.477 e. The van der Waals surface area contributed by atoms with Crippen molar-refractivity contribution in [3.8, 4) is 11.3 Å². The number of aryl methyl sites for hydroxylation is 1. The molecule has 0 bridgehead atoms. The summed E-state index contributed by atoms with van der Waals surface area (Å²) >= 11 is 0.949. The van der Waals surface area contributed by atoms with Gasteiger partial charge in [-0.3, -0.25) is 9.89 Å². The quantitative estimate of drug-likeness (QED) is 0.360. The highest BCUT2D eigenvalue weighted by atomic mass is 32.2. The van der Waals surface area contributed by atoms with E-state index in [-0.39, 0.29) is 10.7 Å². The van der Waals surface area contributed by atoms with Crippen LogP contribution in [-0.4, -0.2) is 32.0 Å². The Labute approximate surface area is 159 Å². The van der Waals surface area contributed by atoms with Gasteiger partial charge in [0.05, 0.1) is 0 Å². The number of benzene rings is 1. The molecule has 0 atom stereocenters. The van der Waals surface area contributed by atoms with Crippen LogP contribution in [0.4, 0.5) is 0 Å². The van der Waals surface area contributed by atoms with Crippen molar-refractivity contribution < 1.29 is 19.1 Å². The molecule has 2 heterocycles. The number of carbonyl (C=O) groups is 2. The fraction of sp³-hybridized carbons (Fsp3) is 0.158. The summed E-state index contributed by atoms with van der Waals surface area (Å²) in [5.41, 5.74) is 1.42. The Kier molecular flexibility index (Phi) is 5.56. The van der Waals surface area contributed by atoms with Gasteiger partial charge >= 0.3 is 5.97 Å². The van der Waals surface area contributed by atoms with E-state index < -0.39 is 5.97 Å². The summed E-state index contributed by atoms with van der Waals surface area (Å²) in [6.07, 6.45) is 2.12. The van der Waals surface area contributed by atoms with Gasteiger partial charge in [-0.2, -0.15) is 0 Å². The second-order valence-corrected chi connectivity index (χ2v) is 6.68. The third kappa shape index (κ3) is 4.53. The van der Waals surface area contributed by atoms with Gasteiger partial charge in [-0.05, 0) is 30.8 Å². The number of aromatic amines is 1. The van der Waals surface area contributed by atoms with Gasteiger partial charge in [0.1, 0.15) is 22.3 Å². The van der Waals surface area contributed by atoms with Gasteiger partial charge in [0.2, 0.25) is 5.16 Å². The summed E-state index contributed by atoms with van der Waals surface area (Å²) in [6.45, 7) is 3.43. The summed E-state index contributed by atoms with van der Waals surface area (Å²) in [6, 6.07) is 10.5. The standard InChI is InChI=1S/C19H17N3O4S/c1-3-17-20-19(22-21-17)27-16(18(24)25)10-14-8-9-15(26-14)13-6-4-12(5-7-13)11(2)23/h4-10H,3H2,1-2H3,(H,24,25)(H,20,21,22)/b16-10+. The summed E-state index contributed by atoms with van der Waals surface area (Å²) in [7, 11) is 0. The van der Waals surface area contributed by atoms with Crippen LogP contribution in [0.15, 0.2) is 50.9 Å². The molecule has 0 saturated carbocycles. The first-order chi connectivity index (χ1) is 13.0. The van der Waals surface area contributed by atoms with E-state index in [1.165, 1.54) is 13.0 Å². The minimum Gasteiger partial charge on any atom is -0.477 e. The number of nitrogens with one attached hydrogen (secondary N) is 1. The number of H-pyrrole nitrogens is 1. The molecule has 0 aliphatic heterocycles. The highest BCUT2D eigenvalue weighted by molar-refractivity contribution is 8.04. The number of nitrogens with zero attached hydrogens (tertiary/aromatic N) is 2. The highest BCUT2D eigenvalue weighted by Crippen LogP contribution is 2.28. The van der Waals surface area contributed by atoms with Crippen molar-refractivity contribution in [2.75, 3.05) is 0 Å². The number of hydrogen-bond donors (Lipinski definition) is 2. The molecule has 138 valence electrons. The molecule has 1 aromatic carbocycles. The zero-order valence-electron chi connectivity index (χ0n) is 14.7. The Balaban J connectivity index is 1.82. The Bertz CT molecular complexity index is 1000. The number of Topliss-reactive ketones (excluding diaryl/α,β-unsaturated/α-hetero) is 1. The van der Waals surface area contributed by atoms with E-state index in [0.29, 0.717) is 34.5 Å². The SMILES string of the molecule is CCc1nc(S/C(=C/c2ccc(-c3ccc(C(C)=O)cc3)o2)C(=O)O)n[nH]1. The van der Waals surface area contributed by atoms with Gasteiger partial charge in [-0.15, -0.1) is 5.10 Å². The van der Waals surface area contributed by atoms with E-state index in [4.69, 9.17) is 4.42 Å². The van der Waals surface area contributed by atoms with E-state index in [2.05, 4.69) is 15.2 Å². The fourth-order valence-corrected chi connectivity index (χ4v) is 3.00. The first-order valence-electron chi connectivity index (χ1n) is 8.21. The predicted octanol–water partition coefficient (Wildman–Crippen LogP) is 4.05. The summed E-state index contributed by atoms with van der Waals surface area (Å²) in [5, 5.41) is 16.5. The number of carbonyl (C=O) groups excluding carboxylic acids is 1. The monoisotopic (exact) mass is 383 g/mol. The van der Waals surface area contributed by atoms with Crippen molar-refractivity contribution >= 4 is 29.6 Å². The molecule has 0 radical (unpaired) electrons. The lowest BCUT2D eigenvalue weighted by Crippen LogP contribution is -1.97. The number of carboxylic acid groups (broad SMARTS) is 1. The van der Waals surface area contributed by atoms with Crippen LogP contribution in [0.2, 0.25) is 0 Å². The van der Waals surface area contributed by atoms with Crippen LogP contribution >= 0.6 is 11.8 Å². The fourth-order valence-electron chi connectivity index (χ4n) is 2.30. The highest BCUT2D eigenvalue weighted by Gasteiger charge is 2.15. The Morgan fingerprint density at radius 2 is 1.96 bits per heavy atom. The molecule has 0 aliphatic rings. The molecule has 0 aliphatic carbocycles. The van der Waals surface area contributed by atoms with Gasteiger partial charge in [-0.1, -0.05) is 31.2 Å². The molecule has 2 N–H and O–H groups in total. The van der Waals surface area contributed by atoms with Crippen molar-refractivity contribution in [3.63, 3.8) is 0 Å². The van der Waals surface area contributed by atoms with Crippen LogP contribution < -0.4 is 0 Å². The molecule has 0 fully saturated rings. The number of aliphatic carboxylic acids is 1. The van der Waals surface area contributed by atoms with Gasteiger partial charge < -0.3 is 9.52 Å². The average Bonchev–Trinajstić information content (AvgIpc) is 3.30. The molecule has 7 nitrogen and oxygen atoms in total. The molecule has 0 unspecified atom stereocenters. The molecule has 27 heavy (non-hydrogen) atoms. The summed E-state index contributed by atoms with van der Waals surface area (Å²) < 4.78 is 5.73. The average molecular weight is 383 g/mol. The van der Waals surface area contributed by atoms with Crippen molar-refractivity contribution in [3.05, 3.63) is 58.5 Å². The molecule has 8 heteroatoms. The maximum atomic E-state index is 11.5. The van der Waals surface area contributed by atoms with Crippen molar-refractivity contribution in [1.82, 2.24) is 15.2 Å². The van der Waals surface area contributed by atoms with Gasteiger partial charge in [0.25, 0.3) is 0 Å². The smallest absolute Gasteiger partial charge is 0.342 e. The number of hydrogen-bond acceptors (Lipinski definition) is 6. The van der Waals surface area contributed by atoms with Gasteiger partial charge in [0, 0.05) is 23.6 Å². The molecular formula is C19H17N3O4S. The number of furan rings is 1. The minimum absolute atomic E-state index is 0.00838. The summed E-state index contributed by atoms with van der Waals surface area (Å²) in [5.74, 6) is 0.572. The molecule has 0 spiro atoms. The maximum absolute atomic E-state index is 11.5. The molecule has 0 saturated heterocycles. The lowest BCUT2D eigenvalue weighted by Gasteiger charge is -1.99. The lowest BCUT2D eigenvalue weighted by atomic mass is 10.1. The van der Waals surface area contributed by atoms with E-state index >= 15 is 0 Å². The van der Waals surface area contributed by atoms with Crippen LogP contribution in [0, 0.1) is 0 Å². The van der Waals surface area contributed by atoms with Crippen LogP contribution in [-0.2, 0) is 11.2 Å². The first-order valence-corrected chi connectivity index (χ1v) is 9.03. The molecular weight excluding hydrogens is 366 g/mol. The van der Waals surface area contributed by atoms with Crippen LogP contribution in [0.3, 0.4) is 0 Å². The van der Waals surface area contributed by atoms with E-state index in [1.54, 1.807) is 36.4 Å². The zero-order valence-corrected chi connectivity index (χ0v) is 15.5. The molecule has 3 aromatic rings. The number of thioether (sulfide) groups is 1. The third-order valence-electron chi connectivity index (χ3n) is 3.73. The van der Waals surface area contributed by atoms with Crippen molar-refractivity contribution in [1.29, 1.82) is 0 Å². The number of ketones is 1. The number of carboxylic acids is 1. The first kappa shape index (κ1) is 18.7. The van der Waals surface area contributed by atoms with Crippen LogP contribution in [0.1, 0.15) is 35.8 Å². The predicted molar refractivity (Wildman–Crippen MR) is 101 cm³/mol. The lowest BCUT2D eigenvalue weighted by molar-refractivity contribution is -0.131. The van der Waals surface area contributed by atoms with Crippen LogP contribution in [0.5, 0.6) is 0 Å².